The number of hydrogen-bond donors (Lipinski definition) is 0. The van der Waals surface area contributed by atoms with Gasteiger partial charge in [0.1, 0.15) is 11.2 Å². The summed E-state index contributed by atoms with van der Waals surface area (Å²) < 4.78 is 6.15. The van der Waals surface area contributed by atoms with Crippen LogP contribution in [0.4, 0.5) is 17.1 Å². The Labute approximate surface area is 377 Å². The number of rotatable bonds is 7. The van der Waals surface area contributed by atoms with Crippen LogP contribution in [0.2, 0.25) is 0 Å². The third-order valence-corrected chi connectivity index (χ3v) is 12.4. The number of para-hydroxylation sites is 1. The largest absolute Gasteiger partial charge is 0.456 e. The lowest BCUT2D eigenvalue weighted by Crippen LogP contribution is -2.16. The van der Waals surface area contributed by atoms with Gasteiger partial charge in [-0.3, -0.25) is 0 Å². The van der Waals surface area contributed by atoms with E-state index in [0.717, 1.165) is 39.0 Å². The summed E-state index contributed by atoms with van der Waals surface area (Å²) in [5.41, 5.74) is 15.2. The molecule has 0 radical (unpaired) electrons. The first-order chi connectivity index (χ1) is 31.4. The molecule has 10 aromatic rings. The minimum atomic E-state index is -0.198. The van der Waals surface area contributed by atoms with Crippen LogP contribution in [0.5, 0.6) is 0 Å². The fourth-order valence-corrected chi connectivity index (χ4v) is 9.23. The van der Waals surface area contributed by atoms with Crippen LogP contribution < -0.4 is 4.90 Å². The Bertz CT molecular complexity index is 3350. The van der Waals surface area contributed by atoms with Gasteiger partial charge in [0.05, 0.1) is 0 Å². The monoisotopic (exact) mass is 827 g/mol. The van der Waals surface area contributed by atoms with Crippen LogP contribution in [0.15, 0.2) is 229 Å². The molecule has 1 aliphatic carbocycles. The predicted octanol–water partition coefficient (Wildman–Crippen LogP) is 18.3. The van der Waals surface area contributed by atoms with E-state index in [2.05, 4.69) is 201 Å². The van der Waals surface area contributed by atoms with Gasteiger partial charge < -0.3 is 9.32 Å². The van der Waals surface area contributed by atoms with Gasteiger partial charge in [-0.1, -0.05) is 192 Å². The Hall–Kier alpha value is -7.68. The molecule has 2 nitrogen and oxygen atoms in total. The van der Waals surface area contributed by atoms with Gasteiger partial charge in [-0.15, -0.1) is 0 Å². The smallest absolute Gasteiger partial charge is 0.135 e. The van der Waals surface area contributed by atoms with Crippen molar-refractivity contribution in [3.63, 3.8) is 0 Å². The Balaban J connectivity index is 0.000000529. The van der Waals surface area contributed by atoms with Crippen molar-refractivity contribution in [1.82, 2.24) is 0 Å². The zero-order valence-corrected chi connectivity index (χ0v) is 37.3. The molecular formula is C62H53NO. The van der Waals surface area contributed by atoms with Gasteiger partial charge in [0, 0.05) is 33.2 Å². The van der Waals surface area contributed by atoms with E-state index in [9.17, 15) is 0 Å². The summed E-state index contributed by atoms with van der Waals surface area (Å²) in [6.07, 6.45) is 9.51. The zero-order valence-electron chi connectivity index (χ0n) is 37.3. The summed E-state index contributed by atoms with van der Waals surface area (Å²) >= 11 is 0. The van der Waals surface area contributed by atoms with E-state index in [1.54, 1.807) is 6.08 Å². The molecule has 0 saturated heterocycles. The molecule has 0 amide bonds. The quantitative estimate of drug-likeness (QED) is 0.149. The minimum Gasteiger partial charge on any atom is -0.456 e. The van der Waals surface area contributed by atoms with E-state index in [1.165, 1.54) is 66.1 Å². The Morgan fingerprint density at radius 1 is 0.438 bits per heavy atom. The van der Waals surface area contributed by atoms with Gasteiger partial charge in [0.2, 0.25) is 0 Å². The number of allylic oxidation sites excluding steroid dienone is 5. The molecule has 1 heterocycles. The van der Waals surface area contributed by atoms with Crippen LogP contribution in [0, 0.1) is 0 Å². The summed E-state index contributed by atoms with van der Waals surface area (Å²) in [5.74, 6) is 0. The van der Waals surface area contributed by atoms with Crippen molar-refractivity contribution in [2.45, 2.75) is 40.0 Å². The van der Waals surface area contributed by atoms with Crippen LogP contribution in [-0.4, -0.2) is 0 Å². The first kappa shape index (κ1) is 41.7. The summed E-state index contributed by atoms with van der Waals surface area (Å²) in [4.78, 5) is 2.41. The molecule has 0 unspecified atom stereocenters. The van der Waals surface area contributed by atoms with Crippen LogP contribution in [0.1, 0.15) is 45.7 Å². The second-order valence-electron chi connectivity index (χ2n) is 16.5. The molecule has 312 valence electrons. The van der Waals surface area contributed by atoms with Crippen molar-refractivity contribution in [3.05, 3.63) is 236 Å². The summed E-state index contributed by atoms with van der Waals surface area (Å²) in [5, 5.41) is 7.28. The standard InChI is InChI=1S/C53H37NO.C7H10.C2H6/c1-53(2)49-32-39(38-22-29-52-48(31-38)47-15-7-8-17-51(47)55-52)21-27-45(49)46-28-26-42(33-50(46)53)54(41-25-18-34-10-3-4-12-37(34)30-41)40-23-19-36(20-24-40)44-16-9-13-35-11-5-6-14-43(35)44;1-3-5-7-6-4-2;1-2/h3-33H,1-2H3;3-7H,1H2,2H3;1-2H3/b;6-4-,7-5-;. The van der Waals surface area contributed by atoms with E-state index < -0.39 is 0 Å². The molecule has 1 aliphatic rings. The molecule has 0 saturated carbocycles. The third kappa shape index (κ3) is 7.73. The second kappa shape index (κ2) is 18.0. The second-order valence-corrected chi connectivity index (χ2v) is 16.5. The van der Waals surface area contributed by atoms with Crippen molar-refractivity contribution < 1.29 is 4.42 Å². The molecule has 64 heavy (non-hydrogen) atoms. The molecule has 0 atom stereocenters. The number of fused-ring (bicyclic) bond motifs is 8. The zero-order chi connectivity index (χ0) is 44.2. The van der Waals surface area contributed by atoms with Gasteiger partial charge in [0.25, 0.3) is 0 Å². The fourth-order valence-electron chi connectivity index (χ4n) is 9.23. The first-order valence-corrected chi connectivity index (χ1v) is 22.4. The molecule has 0 fully saturated rings. The average molecular weight is 828 g/mol. The molecule has 9 aromatic carbocycles. The molecule has 1 aromatic heterocycles. The highest BCUT2D eigenvalue weighted by atomic mass is 16.3. The Kier molecular flexibility index (Phi) is 11.7. The predicted molar refractivity (Wildman–Crippen MR) is 277 cm³/mol. The number of nitrogens with zero attached hydrogens (tertiary/aromatic N) is 1. The van der Waals surface area contributed by atoms with Gasteiger partial charge in [0.15, 0.2) is 0 Å². The third-order valence-electron chi connectivity index (χ3n) is 12.4. The number of furan rings is 1. The normalized spacial score (nSPS) is 12.5. The highest BCUT2D eigenvalue weighted by molar-refractivity contribution is 6.06. The van der Waals surface area contributed by atoms with Crippen LogP contribution >= 0.6 is 0 Å². The summed E-state index contributed by atoms with van der Waals surface area (Å²) in [6, 6.07) is 68.6. The fraction of sp³-hybridized carbons (Fsp3) is 0.0968. The highest BCUT2D eigenvalue weighted by Crippen LogP contribution is 2.52. The first-order valence-electron chi connectivity index (χ1n) is 22.4. The lowest BCUT2D eigenvalue weighted by molar-refractivity contribution is 0.660. The van der Waals surface area contributed by atoms with Gasteiger partial charge in [-0.05, 0) is 134 Å². The van der Waals surface area contributed by atoms with Crippen LogP contribution in [-0.2, 0) is 5.41 Å². The molecule has 0 spiro atoms. The molecular weight excluding hydrogens is 775 g/mol. The minimum absolute atomic E-state index is 0.198. The van der Waals surface area contributed by atoms with E-state index in [1.807, 2.05) is 57.2 Å². The van der Waals surface area contributed by atoms with E-state index in [0.29, 0.717) is 0 Å². The average Bonchev–Trinajstić information content (AvgIpc) is 3.83. The Morgan fingerprint density at radius 2 is 1.02 bits per heavy atom. The van der Waals surface area contributed by atoms with E-state index in [4.69, 9.17) is 4.42 Å². The SMILES string of the molecule is C=C/C=C\C=C/C.CC.CC1(C)c2cc(-c3ccc4oc5ccccc5c4c3)ccc2-c2ccc(N(c3ccc(-c4cccc5ccccc45)cc3)c3ccc4ccccc4c3)cc21. The molecule has 0 aliphatic heterocycles. The number of benzene rings is 9. The lowest BCUT2D eigenvalue weighted by atomic mass is 9.81. The highest BCUT2D eigenvalue weighted by Gasteiger charge is 2.36. The molecule has 0 N–H and O–H groups in total. The molecule has 0 bridgehead atoms. The number of anilines is 3. The van der Waals surface area contributed by atoms with Crippen LogP contribution in [0.3, 0.4) is 0 Å². The summed E-state index contributed by atoms with van der Waals surface area (Å²) in [7, 11) is 0. The topological polar surface area (TPSA) is 16.4 Å². The molecule has 2 heteroatoms. The number of hydrogen-bond acceptors (Lipinski definition) is 2. The maximum Gasteiger partial charge on any atom is 0.135 e. The lowest BCUT2D eigenvalue weighted by Gasteiger charge is -2.28. The van der Waals surface area contributed by atoms with Gasteiger partial charge in [-0.25, -0.2) is 0 Å². The van der Waals surface area contributed by atoms with E-state index in [-0.39, 0.29) is 5.41 Å². The Morgan fingerprint density at radius 3 is 1.80 bits per heavy atom. The van der Waals surface area contributed by atoms with E-state index >= 15 is 0 Å². The summed E-state index contributed by atoms with van der Waals surface area (Å²) in [6.45, 7) is 14.2. The van der Waals surface area contributed by atoms with Crippen molar-refractivity contribution in [1.29, 1.82) is 0 Å². The van der Waals surface area contributed by atoms with Crippen molar-refractivity contribution >= 4 is 60.5 Å². The van der Waals surface area contributed by atoms with Crippen LogP contribution in [0.25, 0.3) is 76.9 Å². The maximum absolute atomic E-state index is 6.15. The molecule has 11 rings (SSSR count). The van der Waals surface area contributed by atoms with Crippen molar-refractivity contribution in [2.24, 2.45) is 0 Å². The maximum atomic E-state index is 6.15. The van der Waals surface area contributed by atoms with Crippen molar-refractivity contribution in [2.75, 3.05) is 4.90 Å². The van der Waals surface area contributed by atoms with Gasteiger partial charge in [-0.2, -0.15) is 0 Å². The van der Waals surface area contributed by atoms with Gasteiger partial charge >= 0.3 is 0 Å². The van der Waals surface area contributed by atoms with Crippen molar-refractivity contribution in [3.8, 4) is 33.4 Å².